The molecular weight excluding hydrogens is 435 g/mol. The summed E-state index contributed by atoms with van der Waals surface area (Å²) in [5, 5.41) is 3.08. The minimum Gasteiger partial charge on any atom is -0.450 e. The summed E-state index contributed by atoms with van der Waals surface area (Å²) in [4.78, 5) is 31.1. The van der Waals surface area contributed by atoms with Gasteiger partial charge in [-0.15, -0.1) is 0 Å². The van der Waals surface area contributed by atoms with Crippen molar-refractivity contribution in [1.82, 2.24) is 10.3 Å². The molecule has 5 rings (SSSR count). The summed E-state index contributed by atoms with van der Waals surface area (Å²) in [7, 11) is 0. The Morgan fingerprint density at radius 3 is 2.73 bits per heavy atom. The van der Waals surface area contributed by atoms with E-state index in [1.165, 1.54) is 6.07 Å². The SMILES string of the molecule is O=C1OC2(CCC(C(=O)N[C@H]3CCN(c4cccc(C(F)(F)F)c4)C3)CC2)c2cnccc21. The summed E-state index contributed by atoms with van der Waals surface area (Å²) >= 11 is 0. The number of amides is 1. The molecule has 9 heteroatoms. The number of alkyl halides is 3. The monoisotopic (exact) mass is 459 g/mol. The van der Waals surface area contributed by atoms with E-state index in [9.17, 15) is 22.8 Å². The Labute approximate surface area is 189 Å². The van der Waals surface area contributed by atoms with E-state index in [0.29, 0.717) is 56.4 Å². The first-order valence-corrected chi connectivity index (χ1v) is 11.2. The van der Waals surface area contributed by atoms with Crippen LogP contribution in [0.1, 0.15) is 53.6 Å². The molecule has 2 aromatic rings. The van der Waals surface area contributed by atoms with E-state index >= 15 is 0 Å². The van der Waals surface area contributed by atoms with Crippen LogP contribution < -0.4 is 10.2 Å². The third-order valence-corrected chi connectivity index (χ3v) is 7.06. The molecule has 1 atom stereocenters. The van der Waals surface area contributed by atoms with Crippen LogP contribution in [0.3, 0.4) is 0 Å². The zero-order valence-corrected chi connectivity index (χ0v) is 17.9. The molecule has 174 valence electrons. The van der Waals surface area contributed by atoms with Crippen molar-refractivity contribution in [2.45, 2.75) is 49.9 Å². The van der Waals surface area contributed by atoms with Crippen molar-refractivity contribution in [1.29, 1.82) is 0 Å². The predicted molar refractivity (Wildman–Crippen MR) is 113 cm³/mol. The number of benzene rings is 1. The van der Waals surface area contributed by atoms with E-state index in [-0.39, 0.29) is 23.8 Å². The van der Waals surface area contributed by atoms with Crippen molar-refractivity contribution in [3.63, 3.8) is 0 Å². The number of aromatic nitrogens is 1. The first kappa shape index (κ1) is 21.7. The molecular formula is C24H24F3N3O3. The zero-order chi connectivity index (χ0) is 23.2. The Bertz CT molecular complexity index is 1080. The highest BCUT2D eigenvalue weighted by Gasteiger charge is 2.48. The van der Waals surface area contributed by atoms with E-state index in [0.717, 1.165) is 17.7 Å². The van der Waals surface area contributed by atoms with Gasteiger partial charge in [0.15, 0.2) is 0 Å². The average Bonchev–Trinajstić information content (AvgIpc) is 3.37. The first-order valence-electron chi connectivity index (χ1n) is 11.2. The molecule has 1 aromatic carbocycles. The van der Waals surface area contributed by atoms with Gasteiger partial charge in [0, 0.05) is 48.7 Å². The molecule has 3 heterocycles. The molecule has 6 nitrogen and oxygen atoms in total. The number of carbonyl (C=O) groups excluding carboxylic acids is 2. The van der Waals surface area contributed by atoms with Crippen LogP contribution in [0.25, 0.3) is 0 Å². The number of anilines is 1. The molecule has 1 spiro atoms. The Morgan fingerprint density at radius 2 is 1.97 bits per heavy atom. The number of nitrogens with one attached hydrogen (secondary N) is 1. The van der Waals surface area contributed by atoms with Gasteiger partial charge in [0.05, 0.1) is 11.1 Å². The van der Waals surface area contributed by atoms with Crippen molar-refractivity contribution in [3.8, 4) is 0 Å². The molecule has 3 aliphatic rings. The Balaban J connectivity index is 1.17. The molecule has 0 radical (unpaired) electrons. The number of fused-ring (bicyclic) bond motifs is 2. The highest BCUT2D eigenvalue weighted by atomic mass is 19.4. The number of hydrogen-bond donors (Lipinski definition) is 1. The number of carbonyl (C=O) groups is 2. The lowest BCUT2D eigenvalue weighted by Gasteiger charge is -2.36. The van der Waals surface area contributed by atoms with Gasteiger partial charge >= 0.3 is 12.1 Å². The summed E-state index contributed by atoms with van der Waals surface area (Å²) in [6.45, 7) is 1.06. The van der Waals surface area contributed by atoms with E-state index in [1.54, 1.807) is 24.5 Å². The van der Waals surface area contributed by atoms with Gasteiger partial charge in [-0.25, -0.2) is 4.79 Å². The molecule has 0 bridgehead atoms. The molecule has 1 N–H and O–H groups in total. The summed E-state index contributed by atoms with van der Waals surface area (Å²) in [5.74, 6) is -0.565. The van der Waals surface area contributed by atoms with Gasteiger partial charge in [0.2, 0.25) is 5.91 Å². The lowest BCUT2D eigenvalue weighted by molar-refractivity contribution is -0.137. The van der Waals surface area contributed by atoms with Gasteiger partial charge in [0.25, 0.3) is 0 Å². The van der Waals surface area contributed by atoms with Crippen LogP contribution in [-0.4, -0.2) is 36.0 Å². The van der Waals surface area contributed by atoms with Crippen LogP contribution in [0.2, 0.25) is 0 Å². The summed E-state index contributed by atoms with van der Waals surface area (Å²) in [6.07, 6.45) is 1.87. The van der Waals surface area contributed by atoms with Crippen molar-refractivity contribution < 1.29 is 27.5 Å². The Morgan fingerprint density at radius 1 is 1.18 bits per heavy atom. The van der Waals surface area contributed by atoms with Crippen molar-refractivity contribution in [2.24, 2.45) is 5.92 Å². The average molecular weight is 459 g/mol. The molecule has 2 fully saturated rings. The second kappa shape index (κ2) is 8.04. The minimum atomic E-state index is -4.38. The number of halogens is 3. The van der Waals surface area contributed by atoms with E-state index in [1.807, 2.05) is 4.90 Å². The zero-order valence-electron chi connectivity index (χ0n) is 17.9. The second-order valence-corrected chi connectivity index (χ2v) is 9.07. The molecule has 1 aliphatic carbocycles. The maximum absolute atomic E-state index is 13.0. The van der Waals surface area contributed by atoms with Gasteiger partial charge < -0.3 is 15.0 Å². The second-order valence-electron chi connectivity index (χ2n) is 9.07. The number of nitrogens with zero attached hydrogens (tertiary/aromatic N) is 2. The fourth-order valence-electron chi connectivity index (χ4n) is 5.25. The number of rotatable bonds is 3. The van der Waals surface area contributed by atoms with Crippen LogP contribution >= 0.6 is 0 Å². The normalized spacial score (nSPS) is 26.9. The molecule has 33 heavy (non-hydrogen) atoms. The van der Waals surface area contributed by atoms with E-state index < -0.39 is 17.3 Å². The smallest absolute Gasteiger partial charge is 0.416 e. The summed E-state index contributed by atoms with van der Waals surface area (Å²) < 4.78 is 44.8. The lowest BCUT2D eigenvalue weighted by atomic mass is 9.75. The quantitative estimate of drug-likeness (QED) is 0.702. The predicted octanol–water partition coefficient (Wildman–Crippen LogP) is 4.05. The van der Waals surface area contributed by atoms with E-state index in [2.05, 4.69) is 10.3 Å². The Kier molecular flexibility index (Phi) is 5.29. The standard InChI is InChI=1S/C24H24F3N3O3/c25-24(26,27)16-2-1-3-18(12-16)30-11-7-17(14-30)29-21(31)15-4-8-23(9-5-15)20-13-28-10-6-19(20)22(32)33-23/h1-3,6,10,12-13,15,17H,4-5,7-9,11,14H2,(H,29,31)/t15?,17-,23?/m0/s1. The van der Waals surface area contributed by atoms with Crippen LogP contribution in [0.5, 0.6) is 0 Å². The van der Waals surface area contributed by atoms with Crippen LogP contribution in [0.4, 0.5) is 18.9 Å². The third kappa shape index (κ3) is 4.05. The van der Waals surface area contributed by atoms with Gasteiger partial charge in [-0.2, -0.15) is 13.2 Å². The lowest BCUT2D eigenvalue weighted by Crippen LogP contribution is -2.43. The van der Waals surface area contributed by atoms with Crippen LogP contribution in [-0.2, 0) is 21.3 Å². The molecule has 0 unspecified atom stereocenters. The van der Waals surface area contributed by atoms with Crippen LogP contribution in [0.15, 0.2) is 42.7 Å². The first-order chi connectivity index (χ1) is 15.7. The maximum Gasteiger partial charge on any atom is 0.416 e. The fraction of sp³-hybridized carbons (Fsp3) is 0.458. The molecule has 1 amide bonds. The highest BCUT2D eigenvalue weighted by molar-refractivity contribution is 5.94. The molecule has 1 saturated heterocycles. The summed E-state index contributed by atoms with van der Waals surface area (Å²) in [5.41, 5.74) is 0.505. The number of ether oxygens (including phenoxy) is 1. The number of pyridine rings is 1. The maximum atomic E-state index is 13.0. The minimum absolute atomic E-state index is 0.0449. The third-order valence-electron chi connectivity index (χ3n) is 7.06. The molecule has 2 aliphatic heterocycles. The topological polar surface area (TPSA) is 71.5 Å². The van der Waals surface area contributed by atoms with Gasteiger partial charge in [-0.1, -0.05) is 6.07 Å². The van der Waals surface area contributed by atoms with Crippen molar-refractivity contribution >= 4 is 17.6 Å². The largest absolute Gasteiger partial charge is 0.450 e. The van der Waals surface area contributed by atoms with Crippen LogP contribution in [0, 0.1) is 5.92 Å². The van der Waals surface area contributed by atoms with Gasteiger partial charge in [0.1, 0.15) is 5.60 Å². The number of esters is 1. The van der Waals surface area contributed by atoms with E-state index in [4.69, 9.17) is 4.74 Å². The van der Waals surface area contributed by atoms with Crippen molar-refractivity contribution in [2.75, 3.05) is 18.0 Å². The highest BCUT2D eigenvalue weighted by Crippen LogP contribution is 2.47. The number of hydrogen-bond acceptors (Lipinski definition) is 5. The van der Waals surface area contributed by atoms with Gasteiger partial charge in [-0.3, -0.25) is 9.78 Å². The molecule has 1 saturated carbocycles. The van der Waals surface area contributed by atoms with Crippen molar-refractivity contribution in [3.05, 3.63) is 59.4 Å². The fourth-order valence-corrected chi connectivity index (χ4v) is 5.25. The van der Waals surface area contributed by atoms with Gasteiger partial charge in [-0.05, 0) is 56.4 Å². The summed E-state index contributed by atoms with van der Waals surface area (Å²) in [6, 6.07) is 6.84. The Hall–Kier alpha value is -3.10. The molecule has 1 aromatic heterocycles.